The van der Waals surface area contributed by atoms with Gasteiger partial charge in [0.1, 0.15) is 0 Å². The molecule has 0 saturated carbocycles. The largest absolute Gasteiger partial charge is 0.478 e. The third-order valence-electron chi connectivity index (χ3n) is 2.34. The van der Waals surface area contributed by atoms with Gasteiger partial charge in [-0.1, -0.05) is 11.6 Å². The van der Waals surface area contributed by atoms with Crippen LogP contribution < -0.4 is 5.32 Å². The average molecular weight is 251 g/mol. The fourth-order valence-electron chi connectivity index (χ4n) is 1.47. The summed E-state index contributed by atoms with van der Waals surface area (Å²) in [7, 11) is 0. The van der Waals surface area contributed by atoms with E-state index in [0.29, 0.717) is 6.54 Å². The van der Waals surface area contributed by atoms with Crippen molar-refractivity contribution in [1.82, 2.24) is 4.98 Å². The van der Waals surface area contributed by atoms with E-state index in [1.54, 1.807) is 12.1 Å². The van der Waals surface area contributed by atoms with Crippen molar-refractivity contribution in [2.75, 3.05) is 5.32 Å². The molecular weight excluding hydrogens is 240 g/mol. The molecule has 5 heteroatoms. The second-order valence-electron chi connectivity index (χ2n) is 3.55. The Labute approximate surface area is 103 Å². The number of carboxylic acid groups (broad SMARTS) is 1. The summed E-state index contributed by atoms with van der Waals surface area (Å²) < 4.78 is 0. The predicted octanol–water partition coefficient (Wildman–Crippen LogP) is 2.98. The number of hydrogen-bond acceptors (Lipinski definition) is 2. The van der Waals surface area contributed by atoms with Gasteiger partial charge in [-0.3, -0.25) is 0 Å². The number of nitrogens with one attached hydrogen (secondary N) is 2. The molecule has 0 aliphatic carbocycles. The standard InChI is InChI=1S/C12H11ClN2O2/c13-11-4-3-8(6-10(11)12(16)17)15-7-9-2-1-5-14-9/h1-6,14-15H,7H2,(H,16,17). The van der Waals surface area contributed by atoms with Gasteiger partial charge in [-0.15, -0.1) is 0 Å². The summed E-state index contributed by atoms with van der Waals surface area (Å²) in [5.41, 5.74) is 1.85. The van der Waals surface area contributed by atoms with Crippen molar-refractivity contribution in [3.8, 4) is 0 Å². The highest BCUT2D eigenvalue weighted by Crippen LogP contribution is 2.20. The Morgan fingerprint density at radius 2 is 2.24 bits per heavy atom. The molecule has 1 aromatic heterocycles. The molecular formula is C12H11ClN2O2. The van der Waals surface area contributed by atoms with Crippen LogP contribution in [0.3, 0.4) is 0 Å². The first kappa shape index (κ1) is 11.5. The molecule has 3 N–H and O–H groups in total. The van der Waals surface area contributed by atoms with Crippen LogP contribution in [0.15, 0.2) is 36.5 Å². The molecule has 0 spiro atoms. The summed E-state index contributed by atoms with van der Waals surface area (Å²) in [6.07, 6.45) is 1.83. The van der Waals surface area contributed by atoms with E-state index in [2.05, 4.69) is 10.3 Å². The molecule has 0 saturated heterocycles. The monoisotopic (exact) mass is 250 g/mol. The molecule has 1 aromatic carbocycles. The topological polar surface area (TPSA) is 65.1 Å². The van der Waals surface area contributed by atoms with E-state index < -0.39 is 5.97 Å². The molecule has 0 bridgehead atoms. The second kappa shape index (κ2) is 4.93. The fourth-order valence-corrected chi connectivity index (χ4v) is 1.67. The highest BCUT2D eigenvalue weighted by Gasteiger charge is 2.09. The van der Waals surface area contributed by atoms with Gasteiger partial charge >= 0.3 is 5.97 Å². The van der Waals surface area contributed by atoms with Gasteiger partial charge in [0.05, 0.1) is 17.1 Å². The Morgan fingerprint density at radius 3 is 2.88 bits per heavy atom. The van der Waals surface area contributed by atoms with Crippen LogP contribution in [-0.2, 0) is 6.54 Å². The van der Waals surface area contributed by atoms with Gasteiger partial charge in [0.15, 0.2) is 0 Å². The zero-order valence-corrected chi connectivity index (χ0v) is 9.66. The Bertz CT molecular complexity index is 523. The second-order valence-corrected chi connectivity index (χ2v) is 3.96. The van der Waals surface area contributed by atoms with Crippen LogP contribution in [0.2, 0.25) is 5.02 Å². The fraction of sp³-hybridized carbons (Fsp3) is 0.0833. The predicted molar refractivity (Wildman–Crippen MR) is 66.5 cm³/mol. The number of carbonyl (C=O) groups is 1. The van der Waals surface area contributed by atoms with Gasteiger partial charge in [0.2, 0.25) is 0 Å². The maximum atomic E-state index is 10.9. The molecule has 0 atom stereocenters. The van der Waals surface area contributed by atoms with Gasteiger partial charge in [0.25, 0.3) is 0 Å². The van der Waals surface area contributed by atoms with Crippen LogP contribution in [0.4, 0.5) is 5.69 Å². The molecule has 0 amide bonds. The van der Waals surface area contributed by atoms with Gasteiger partial charge in [-0.05, 0) is 30.3 Å². The molecule has 0 aliphatic heterocycles. The van der Waals surface area contributed by atoms with Crippen molar-refractivity contribution >= 4 is 23.3 Å². The number of benzene rings is 1. The van der Waals surface area contributed by atoms with Crippen LogP contribution in [-0.4, -0.2) is 16.1 Å². The minimum Gasteiger partial charge on any atom is -0.478 e. The van der Waals surface area contributed by atoms with E-state index in [1.807, 2.05) is 18.3 Å². The molecule has 4 nitrogen and oxygen atoms in total. The summed E-state index contributed by atoms with van der Waals surface area (Å²) in [6, 6.07) is 8.69. The number of halogens is 1. The van der Waals surface area contributed by atoms with Crippen LogP contribution in [0.5, 0.6) is 0 Å². The number of rotatable bonds is 4. The first-order valence-electron chi connectivity index (χ1n) is 5.06. The Morgan fingerprint density at radius 1 is 1.41 bits per heavy atom. The number of aromatic nitrogens is 1. The lowest BCUT2D eigenvalue weighted by molar-refractivity contribution is 0.0697. The molecule has 17 heavy (non-hydrogen) atoms. The summed E-state index contributed by atoms with van der Waals surface area (Å²) in [4.78, 5) is 13.9. The number of aromatic amines is 1. The minimum atomic E-state index is -1.03. The van der Waals surface area contributed by atoms with E-state index in [4.69, 9.17) is 16.7 Å². The van der Waals surface area contributed by atoms with Crippen molar-refractivity contribution in [1.29, 1.82) is 0 Å². The lowest BCUT2D eigenvalue weighted by Crippen LogP contribution is -2.02. The van der Waals surface area contributed by atoms with Crippen LogP contribution >= 0.6 is 11.6 Å². The maximum absolute atomic E-state index is 10.9. The highest BCUT2D eigenvalue weighted by atomic mass is 35.5. The van der Waals surface area contributed by atoms with Gasteiger partial charge < -0.3 is 15.4 Å². The minimum absolute atomic E-state index is 0.100. The SMILES string of the molecule is O=C(O)c1cc(NCc2ccc[nH]2)ccc1Cl. The lowest BCUT2D eigenvalue weighted by Gasteiger charge is -2.07. The third kappa shape index (κ3) is 2.79. The normalized spacial score (nSPS) is 10.2. The summed E-state index contributed by atoms with van der Waals surface area (Å²) in [6.45, 7) is 0.605. The summed E-state index contributed by atoms with van der Waals surface area (Å²) in [5.74, 6) is -1.03. The lowest BCUT2D eigenvalue weighted by atomic mass is 10.2. The zero-order valence-electron chi connectivity index (χ0n) is 8.90. The van der Waals surface area contributed by atoms with Crippen LogP contribution in [0.25, 0.3) is 0 Å². The number of hydrogen-bond donors (Lipinski definition) is 3. The van der Waals surface area contributed by atoms with Crippen LogP contribution in [0.1, 0.15) is 16.1 Å². The summed E-state index contributed by atoms with van der Waals surface area (Å²) in [5, 5.41) is 12.3. The number of H-pyrrole nitrogens is 1. The number of anilines is 1. The molecule has 2 rings (SSSR count). The molecule has 0 fully saturated rings. The first-order chi connectivity index (χ1) is 8.16. The van der Waals surface area contributed by atoms with E-state index in [-0.39, 0.29) is 10.6 Å². The molecule has 88 valence electrons. The number of carboxylic acids is 1. The molecule has 0 radical (unpaired) electrons. The molecule has 0 unspecified atom stereocenters. The van der Waals surface area contributed by atoms with Crippen molar-refractivity contribution in [3.63, 3.8) is 0 Å². The molecule has 2 aromatic rings. The van der Waals surface area contributed by atoms with Gasteiger partial charge in [0, 0.05) is 17.6 Å². The third-order valence-corrected chi connectivity index (χ3v) is 2.67. The van der Waals surface area contributed by atoms with E-state index >= 15 is 0 Å². The molecule has 1 heterocycles. The zero-order chi connectivity index (χ0) is 12.3. The molecule has 0 aliphatic rings. The maximum Gasteiger partial charge on any atom is 0.337 e. The van der Waals surface area contributed by atoms with Crippen molar-refractivity contribution < 1.29 is 9.90 Å². The van der Waals surface area contributed by atoms with Crippen molar-refractivity contribution in [2.24, 2.45) is 0 Å². The van der Waals surface area contributed by atoms with E-state index in [9.17, 15) is 4.79 Å². The highest BCUT2D eigenvalue weighted by molar-refractivity contribution is 6.33. The smallest absolute Gasteiger partial charge is 0.337 e. The van der Waals surface area contributed by atoms with Crippen LogP contribution in [0, 0.1) is 0 Å². The first-order valence-corrected chi connectivity index (χ1v) is 5.43. The average Bonchev–Trinajstić information content (AvgIpc) is 2.80. The Kier molecular flexibility index (Phi) is 3.35. The van der Waals surface area contributed by atoms with Gasteiger partial charge in [-0.2, -0.15) is 0 Å². The van der Waals surface area contributed by atoms with Crippen molar-refractivity contribution in [2.45, 2.75) is 6.54 Å². The number of aromatic carboxylic acids is 1. The van der Waals surface area contributed by atoms with E-state index in [0.717, 1.165) is 11.4 Å². The Hall–Kier alpha value is -1.94. The summed E-state index contributed by atoms with van der Waals surface area (Å²) >= 11 is 5.78. The quantitative estimate of drug-likeness (QED) is 0.782. The van der Waals surface area contributed by atoms with Crippen molar-refractivity contribution in [3.05, 3.63) is 52.8 Å². The Balaban J connectivity index is 2.11. The van der Waals surface area contributed by atoms with Gasteiger partial charge in [-0.25, -0.2) is 4.79 Å². The van der Waals surface area contributed by atoms with E-state index in [1.165, 1.54) is 6.07 Å².